The number of carbonyl (C=O) groups is 2. The molecule has 3 aromatic rings. The zero-order valence-electron chi connectivity index (χ0n) is 24.2. The van der Waals surface area contributed by atoms with Crippen molar-refractivity contribution in [3.05, 3.63) is 88.9 Å². The van der Waals surface area contributed by atoms with Gasteiger partial charge in [-0.2, -0.15) is 0 Å². The van der Waals surface area contributed by atoms with Crippen LogP contribution in [0.5, 0.6) is 11.5 Å². The van der Waals surface area contributed by atoms with Crippen LogP contribution in [0.25, 0.3) is 0 Å². The molecule has 3 aromatic carbocycles. The Morgan fingerprint density at radius 3 is 2.24 bits per heavy atom. The van der Waals surface area contributed by atoms with Crippen molar-refractivity contribution in [2.24, 2.45) is 0 Å². The Morgan fingerprint density at radius 1 is 0.929 bits per heavy atom. The predicted molar refractivity (Wildman–Crippen MR) is 163 cm³/mol. The third-order valence-corrected chi connectivity index (χ3v) is 7.88. The summed E-state index contributed by atoms with van der Waals surface area (Å²) < 4.78 is 38.3. The molecule has 0 spiro atoms. The molecule has 1 heterocycles. The lowest BCUT2D eigenvalue weighted by Gasteiger charge is -2.35. The summed E-state index contributed by atoms with van der Waals surface area (Å²) in [6.07, 6.45) is 1.25. The van der Waals surface area contributed by atoms with Crippen molar-refractivity contribution in [1.82, 2.24) is 10.2 Å². The second-order valence-corrected chi connectivity index (χ2v) is 13.5. The topological polar surface area (TPSA) is 105 Å². The predicted octanol–water partition coefficient (Wildman–Crippen LogP) is 4.43. The molecule has 9 nitrogen and oxygen atoms in total. The highest BCUT2D eigenvalue weighted by molar-refractivity contribution is 7.92. The number of sulfonamides is 1. The van der Waals surface area contributed by atoms with E-state index in [-0.39, 0.29) is 24.6 Å². The Balaban J connectivity index is 1.74. The molecule has 0 saturated carbocycles. The number of nitrogens with one attached hydrogen (secondary N) is 1. The number of amides is 2. The summed E-state index contributed by atoms with van der Waals surface area (Å²) in [7, 11) is -3.92. The highest BCUT2D eigenvalue weighted by Gasteiger charge is 2.34. The number of anilines is 1. The van der Waals surface area contributed by atoms with Crippen molar-refractivity contribution in [1.29, 1.82) is 0 Å². The molecule has 1 N–H and O–H groups in total. The van der Waals surface area contributed by atoms with Gasteiger partial charge < -0.3 is 19.7 Å². The molecule has 0 saturated heterocycles. The van der Waals surface area contributed by atoms with Crippen LogP contribution < -0.4 is 19.1 Å². The van der Waals surface area contributed by atoms with Gasteiger partial charge in [0, 0.05) is 29.6 Å². The number of benzene rings is 3. The number of halogens is 1. The molecule has 42 heavy (non-hydrogen) atoms. The van der Waals surface area contributed by atoms with E-state index in [1.807, 2.05) is 57.2 Å². The van der Waals surface area contributed by atoms with E-state index in [1.54, 1.807) is 30.3 Å². The van der Waals surface area contributed by atoms with E-state index in [1.165, 1.54) is 11.0 Å². The van der Waals surface area contributed by atoms with Gasteiger partial charge in [0.2, 0.25) is 21.8 Å². The minimum atomic E-state index is -3.92. The molecule has 1 aliphatic heterocycles. The van der Waals surface area contributed by atoms with Crippen molar-refractivity contribution in [3.8, 4) is 11.5 Å². The molecule has 11 heteroatoms. The van der Waals surface area contributed by atoms with Gasteiger partial charge in [-0.25, -0.2) is 8.42 Å². The number of fused-ring (bicyclic) bond motifs is 1. The minimum Gasteiger partial charge on any atom is -0.486 e. The highest BCUT2D eigenvalue weighted by atomic mass is 35.5. The van der Waals surface area contributed by atoms with E-state index in [0.717, 1.165) is 16.1 Å². The molecule has 1 atom stereocenters. The number of carbonyl (C=O) groups excluding carboxylic acids is 2. The number of ether oxygens (including phenoxy) is 2. The Labute approximate surface area is 252 Å². The Bertz CT molecular complexity index is 1530. The molecule has 0 radical (unpaired) electrons. The molecular formula is C31H36ClN3O6S. The van der Waals surface area contributed by atoms with Gasteiger partial charge in [-0.05, 0) is 56.2 Å². The molecule has 0 aliphatic carbocycles. The van der Waals surface area contributed by atoms with Crippen molar-refractivity contribution < 1.29 is 27.5 Å². The maximum absolute atomic E-state index is 14.2. The summed E-state index contributed by atoms with van der Waals surface area (Å²) in [6, 6.07) is 20.2. The molecule has 4 rings (SSSR count). The molecule has 2 amide bonds. The van der Waals surface area contributed by atoms with Crippen molar-refractivity contribution in [2.75, 3.05) is 30.3 Å². The lowest BCUT2D eigenvalue weighted by molar-refractivity contribution is -0.140. The van der Waals surface area contributed by atoms with E-state index in [9.17, 15) is 18.0 Å². The van der Waals surface area contributed by atoms with Crippen LogP contribution in [0.4, 0.5) is 5.69 Å². The Morgan fingerprint density at radius 2 is 1.60 bits per heavy atom. The summed E-state index contributed by atoms with van der Waals surface area (Å²) in [5.74, 6) is -0.0245. The summed E-state index contributed by atoms with van der Waals surface area (Å²) in [5.41, 5.74) is 1.22. The van der Waals surface area contributed by atoms with Gasteiger partial charge in [-0.1, -0.05) is 54.1 Å². The highest BCUT2D eigenvalue weighted by Crippen LogP contribution is 2.35. The van der Waals surface area contributed by atoms with Gasteiger partial charge in [0.1, 0.15) is 25.8 Å². The minimum absolute atomic E-state index is 0.0349. The maximum atomic E-state index is 14.2. The molecule has 224 valence electrons. The lowest BCUT2D eigenvalue weighted by atomic mass is 10.0. The van der Waals surface area contributed by atoms with Crippen LogP contribution in [0.3, 0.4) is 0 Å². The summed E-state index contributed by atoms with van der Waals surface area (Å²) in [5, 5.41) is 3.48. The Hall–Kier alpha value is -3.76. The van der Waals surface area contributed by atoms with Crippen LogP contribution in [0, 0.1) is 0 Å². The first-order valence-electron chi connectivity index (χ1n) is 13.6. The van der Waals surface area contributed by atoms with Gasteiger partial charge in [0.15, 0.2) is 11.5 Å². The molecule has 0 unspecified atom stereocenters. The fourth-order valence-electron chi connectivity index (χ4n) is 4.64. The van der Waals surface area contributed by atoms with Crippen molar-refractivity contribution in [2.45, 2.75) is 45.3 Å². The van der Waals surface area contributed by atoms with E-state index in [2.05, 4.69) is 5.32 Å². The molecule has 0 aromatic heterocycles. The summed E-state index contributed by atoms with van der Waals surface area (Å²) in [4.78, 5) is 29.4. The van der Waals surface area contributed by atoms with Crippen LogP contribution >= 0.6 is 11.6 Å². The third-order valence-electron chi connectivity index (χ3n) is 6.50. The zero-order valence-corrected chi connectivity index (χ0v) is 25.7. The van der Waals surface area contributed by atoms with Gasteiger partial charge in [0.25, 0.3) is 0 Å². The van der Waals surface area contributed by atoms with Gasteiger partial charge >= 0.3 is 0 Å². The van der Waals surface area contributed by atoms with Gasteiger partial charge in [-0.3, -0.25) is 13.9 Å². The van der Waals surface area contributed by atoms with E-state index in [4.69, 9.17) is 21.1 Å². The van der Waals surface area contributed by atoms with Crippen LogP contribution in [0.1, 0.15) is 31.9 Å². The first kappa shape index (κ1) is 31.2. The number of hydrogen-bond acceptors (Lipinski definition) is 6. The van der Waals surface area contributed by atoms with E-state index < -0.39 is 34.1 Å². The second-order valence-electron chi connectivity index (χ2n) is 11.2. The monoisotopic (exact) mass is 613 g/mol. The van der Waals surface area contributed by atoms with E-state index in [0.29, 0.717) is 35.3 Å². The average Bonchev–Trinajstić information content (AvgIpc) is 2.92. The van der Waals surface area contributed by atoms with Crippen LogP contribution in [-0.4, -0.2) is 62.7 Å². The van der Waals surface area contributed by atoms with Gasteiger partial charge in [0.05, 0.1) is 11.9 Å². The largest absolute Gasteiger partial charge is 0.486 e. The maximum Gasteiger partial charge on any atom is 0.244 e. The van der Waals surface area contributed by atoms with Crippen molar-refractivity contribution >= 4 is 39.1 Å². The smallest absolute Gasteiger partial charge is 0.244 e. The fraction of sp³-hybridized carbons (Fsp3) is 0.355. The molecular weight excluding hydrogens is 578 g/mol. The lowest BCUT2D eigenvalue weighted by Crippen LogP contribution is -2.56. The number of hydrogen-bond donors (Lipinski definition) is 1. The normalized spacial score (nSPS) is 13.6. The molecule has 0 fully saturated rings. The number of rotatable bonds is 10. The van der Waals surface area contributed by atoms with Crippen LogP contribution in [-0.2, 0) is 32.6 Å². The quantitative estimate of drug-likeness (QED) is 0.363. The fourth-order valence-corrected chi connectivity index (χ4v) is 5.69. The average molecular weight is 614 g/mol. The zero-order chi connectivity index (χ0) is 30.5. The summed E-state index contributed by atoms with van der Waals surface area (Å²) >= 11 is 6.26. The molecule has 1 aliphatic rings. The molecule has 0 bridgehead atoms. The van der Waals surface area contributed by atoms with Crippen LogP contribution in [0.15, 0.2) is 72.8 Å². The standard InChI is InChI=1S/C31H36ClN3O6S/c1-31(2,3)33-30(37)26(18-22-9-6-5-7-10-22)34(20-23-11-8-12-24(32)17-23)29(36)21-35(42(4,38)39)25-13-14-27-28(19-25)41-16-15-40-27/h5-14,17,19,26H,15-16,18,20-21H2,1-4H3,(H,33,37)/t26-/m0/s1. The van der Waals surface area contributed by atoms with Crippen LogP contribution in [0.2, 0.25) is 5.02 Å². The SMILES string of the molecule is CC(C)(C)NC(=O)[C@H](Cc1ccccc1)N(Cc1cccc(Cl)c1)C(=O)CN(c1ccc2c(c1)OCCO2)S(C)(=O)=O. The van der Waals surface area contributed by atoms with Gasteiger partial charge in [-0.15, -0.1) is 0 Å². The third kappa shape index (κ3) is 8.39. The number of nitrogens with zero attached hydrogens (tertiary/aromatic N) is 2. The second kappa shape index (κ2) is 13.0. The van der Waals surface area contributed by atoms with Crippen molar-refractivity contribution in [3.63, 3.8) is 0 Å². The first-order valence-corrected chi connectivity index (χ1v) is 15.8. The summed E-state index contributed by atoms with van der Waals surface area (Å²) in [6.45, 7) is 5.80. The first-order chi connectivity index (χ1) is 19.8. The van der Waals surface area contributed by atoms with E-state index >= 15 is 0 Å². The Kier molecular flexibility index (Phi) is 9.68.